The Bertz CT molecular complexity index is 1120. The van der Waals surface area contributed by atoms with Crippen molar-refractivity contribution in [3.8, 4) is 0 Å². The summed E-state index contributed by atoms with van der Waals surface area (Å²) in [7, 11) is 0. The first kappa shape index (κ1) is 21.9. The number of nitrogens with zero attached hydrogens (tertiary/aromatic N) is 5. The lowest BCUT2D eigenvalue weighted by Crippen LogP contribution is -1.97. The molecule has 0 N–H and O–H groups in total. The molecular formula is C21H15N5O6. The average Bonchev–Trinajstić information content (AvgIpc) is 2.79. The standard InChI is InChI=1S/C21H15N5O6/c27-24(28)18-7-1-15(2-8-18)13-22-21(17-5-11-20(12-6-17)26(31)32)23-14-16-3-9-19(10-4-16)25(29)30/h1-14,21H/b22-13+,23-14+. The zero-order chi connectivity index (χ0) is 23.1. The minimum atomic E-state index is -0.763. The molecule has 11 nitrogen and oxygen atoms in total. The number of rotatable bonds is 8. The fourth-order valence-corrected chi connectivity index (χ4v) is 2.66. The van der Waals surface area contributed by atoms with Crippen molar-refractivity contribution in [1.82, 2.24) is 0 Å². The number of nitro benzene ring substituents is 3. The summed E-state index contributed by atoms with van der Waals surface area (Å²) in [5.74, 6) is 0. The Balaban J connectivity index is 1.88. The second kappa shape index (κ2) is 9.80. The van der Waals surface area contributed by atoms with Gasteiger partial charge in [0.1, 0.15) is 0 Å². The van der Waals surface area contributed by atoms with Crippen molar-refractivity contribution in [1.29, 1.82) is 0 Å². The normalized spacial score (nSPS) is 11.3. The molecule has 0 bridgehead atoms. The third-order valence-electron chi connectivity index (χ3n) is 4.34. The Morgan fingerprint density at radius 3 is 1.19 bits per heavy atom. The van der Waals surface area contributed by atoms with Crippen molar-refractivity contribution in [2.75, 3.05) is 0 Å². The zero-order valence-corrected chi connectivity index (χ0v) is 16.3. The van der Waals surface area contributed by atoms with Gasteiger partial charge in [-0.25, -0.2) is 0 Å². The van der Waals surface area contributed by atoms with Gasteiger partial charge in [-0.1, -0.05) is 0 Å². The van der Waals surface area contributed by atoms with E-state index in [1.54, 1.807) is 0 Å². The van der Waals surface area contributed by atoms with Crippen LogP contribution in [0.4, 0.5) is 17.1 Å². The lowest BCUT2D eigenvalue weighted by Gasteiger charge is -2.08. The molecule has 0 aliphatic rings. The van der Waals surface area contributed by atoms with Crippen molar-refractivity contribution in [3.63, 3.8) is 0 Å². The Kier molecular flexibility index (Phi) is 6.71. The molecule has 0 fully saturated rings. The molecule has 0 atom stereocenters. The number of nitro groups is 3. The van der Waals surface area contributed by atoms with Gasteiger partial charge in [0.15, 0.2) is 6.17 Å². The third kappa shape index (κ3) is 5.63. The minimum absolute atomic E-state index is 0.0507. The van der Waals surface area contributed by atoms with Gasteiger partial charge < -0.3 is 0 Å². The van der Waals surface area contributed by atoms with Crippen LogP contribution in [0.15, 0.2) is 82.8 Å². The van der Waals surface area contributed by atoms with Crippen LogP contribution in [-0.4, -0.2) is 27.2 Å². The van der Waals surface area contributed by atoms with Gasteiger partial charge >= 0.3 is 0 Å². The molecule has 0 unspecified atom stereocenters. The van der Waals surface area contributed by atoms with Gasteiger partial charge in [-0.2, -0.15) is 0 Å². The van der Waals surface area contributed by atoms with E-state index in [4.69, 9.17) is 0 Å². The number of benzene rings is 3. The van der Waals surface area contributed by atoms with Crippen LogP contribution in [0.5, 0.6) is 0 Å². The van der Waals surface area contributed by atoms with Crippen LogP contribution in [0.1, 0.15) is 22.9 Å². The van der Waals surface area contributed by atoms with Crippen LogP contribution in [0, 0.1) is 30.3 Å². The van der Waals surface area contributed by atoms with Crippen molar-refractivity contribution in [3.05, 3.63) is 120 Å². The molecule has 0 heterocycles. The monoisotopic (exact) mass is 433 g/mol. The highest BCUT2D eigenvalue weighted by Crippen LogP contribution is 2.23. The second-order valence-corrected chi connectivity index (χ2v) is 6.48. The van der Waals surface area contributed by atoms with Crippen molar-refractivity contribution in [2.45, 2.75) is 6.17 Å². The maximum absolute atomic E-state index is 10.9. The van der Waals surface area contributed by atoms with Gasteiger partial charge in [-0.15, -0.1) is 0 Å². The van der Waals surface area contributed by atoms with Crippen LogP contribution in [0.2, 0.25) is 0 Å². The Morgan fingerprint density at radius 1 is 0.562 bits per heavy atom. The molecule has 3 aromatic carbocycles. The smallest absolute Gasteiger partial charge is 0.261 e. The van der Waals surface area contributed by atoms with E-state index in [9.17, 15) is 30.3 Å². The molecule has 0 saturated heterocycles. The van der Waals surface area contributed by atoms with Crippen LogP contribution >= 0.6 is 0 Å². The van der Waals surface area contributed by atoms with E-state index in [0.29, 0.717) is 16.7 Å². The fourth-order valence-electron chi connectivity index (χ4n) is 2.66. The highest BCUT2D eigenvalue weighted by Gasteiger charge is 2.11. The van der Waals surface area contributed by atoms with Gasteiger partial charge in [-0.05, 0) is 53.1 Å². The lowest BCUT2D eigenvalue weighted by molar-refractivity contribution is -0.385. The number of non-ortho nitro benzene ring substituents is 3. The second-order valence-electron chi connectivity index (χ2n) is 6.48. The SMILES string of the molecule is O=[N+]([O-])c1ccc(/C=N/C(/N=C/c2ccc([N+](=O)[O-])cc2)c2ccc([N+](=O)[O-])cc2)cc1. The van der Waals surface area contributed by atoms with Gasteiger partial charge in [0, 0.05) is 48.8 Å². The lowest BCUT2D eigenvalue weighted by atomic mass is 10.1. The highest BCUT2D eigenvalue weighted by molar-refractivity contribution is 5.82. The summed E-state index contributed by atoms with van der Waals surface area (Å²) >= 11 is 0. The molecule has 0 spiro atoms. The molecule has 11 heteroatoms. The maximum Gasteiger partial charge on any atom is 0.269 e. The summed E-state index contributed by atoms with van der Waals surface area (Å²) in [6, 6.07) is 17.3. The summed E-state index contributed by atoms with van der Waals surface area (Å²) in [5, 5.41) is 32.5. The third-order valence-corrected chi connectivity index (χ3v) is 4.34. The van der Waals surface area contributed by atoms with Crippen LogP contribution in [-0.2, 0) is 0 Å². The first-order valence-corrected chi connectivity index (χ1v) is 9.13. The largest absolute Gasteiger partial charge is 0.269 e. The molecule has 3 aromatic rings. The molecule has 0 aliphatic heterocycles. The van der Waals surface area contributed by atoms with Gasteiger partial charge in [0.05, 0.1) is 14.8 Å². The predicted molar refractivity (Wildman–Crippen MR) is 117 cm³/mol. The first-order valence-electron chi connectivity index (χ1n) is 9.13. The van der Waals surface area contributed by atoms with Crippen molar-refractivity contribution < 1.29 is 14.8 Å². The summed E-state index contributed by atoms with van der Waals surface area (Å²) in [6.07, 6.45) is 2.22. The molecule has 3 rings (SSSR count). The summed E-state index contributed by atoms with van der Waals surface area (Å²) in [5.41, 5.74) is 1.61. The molecule has 32 heavy (non-hydrogen) atoms. The topological polar surface area (TPSA) is 154 Å². The van der Waals surface area contributed by atoms with Crippen molar-refractivity contribution in [2.24, 2.45) is 9.98 Å². The van der Waals surface area contributed by atoms with E-state index in [1.165, 1.54) is 85.2 Å². The molecule has 0 saturated carbocycles. The van der Waals surface area contributed by atoms with E-state index >= 15 is 0 Å². The molecular weight excluding hydrogens is 418 g/mol. The number of aliphatic imine (C=N–C) groups is 2. The molecule has 0 aliphatic carbocycles. The van der Waals surface area contributed by atoms with Gasteiger partial charge in [0.2, 0.25) is 0 Å². The van der Waals surface area contributed by atoms with Gasteiger partial charge in [0.25, 0.3) is 17.1 Å². The quantitative estimate of drug-likeness (QED) is 0.286. The van der Waals surface area contributed by atoms with Gasteiger partial charge in [-0.3, -0.25) is 40.3 Å². The average molecular weight is 433 g/mol. The molecule has 0 aromatic heterocycles. The van der Waals surface area contributed by atoms with E-state index in [2.05, 4.69) is 9.98 Å². The van der Waals surface area contributed by atoms with E-state index in [0.717, 1.165) is 0 Å². The fraction of sp³-hybridized carbons (Fsp3) is 0.0476. The number of hydrogen-bond donors (Lipinski definition) is 0. The summed E-state index contributed by atoms with van der Waals surface area (Å²) in [6.45, 7) is 0. The van der Waals surface area contributed by atoms with E-state index < -0.39 is 20.9 Å². The molecule has 160 valence electrons. The highest BCUT2D eigenvalue weighted by atomic mass is 16.6. The van der Waals surface area contributed by atoms with E-state index in [1.807, 2.05) is 0 Å². The van der Waals surface area contributed by atoms with E-state index in [-0.39, 0.29) is 17.1 Å². The van der Waals surface area contributed by atoms with Crippen molar-refractivity contribution >= 4 is 29.5 Å². The van der Waals surface area contributed by atoms with Crippen LogP contribution in [0.25, 0.3) is 0 Å². The minimum Gasteiger partial charge on any atom is -0.261 e. The summed E-state index contributed by atoms with van der Waals surface area (Å²) < 4.78 is 0. The Morgan fingerprint density at radius 2 is 0.875 bits per heavy atom. The van der Waals surface area contributed by atoms with Crippen LogP contribution in [0.3, 0.4) is 0 Å². The Hall–Kier alpha value is -4.80. The zero-order valence-electron chi connectivity index (χ0n) is 16.3. The number of hydrogen-bond acceptors (Lipinski definition) is 8. The van der Waals surface area contributed by atoms with Crippen LogP contribution < -0.4 is 0 Å². The molecule has 0 radical (unpaired) electrons. The summed E-state index contributed by atoms with van der Waals surface area (Å²) in [4.78, 5) is 39.8. The maximum atomic E-state index is 10.9. The Labute approximate surface area is 180 Å². The first-order chi connectivity index (χ1) is 15.3. The molecule has 0 amide bonds. The predicted octanol–water partition coefficient (Wildman–Crippen LogP) is 4.65.